The van der Waals surface area contributed by atoms with Crippen LogP contribution in [0.5, 0.6) is 5.75 Å². The van der Waals surface area contributed by atoms with Crippen molar-refractivity contribution in [1.82, 2.24) is 9.56 Å². The summed E-state index contributed by atoms with van der Waals surface area (Å²) < 4.78 is 39.5. The maximum absolute atomic E-state index is 12.7. The monoisotopic (exact) mass is 864 g/mol. The van der Waals surface area contributed by atoms with Crippen molar-refractivity contribution in [2.24, 2.45) is 10.2 Å². The van der Waals surface area contributed by atoms with Crippen LogP contribution in [0.4, 0.5) is 0 Å². The normalized spacial score (nSPS) is 17.1. The van der Waals surface area contributed by atoms with Crippen molar-refractivity contribution in [1.29, 1.82) is 0 Å². The van der Waals surface area contributed by atoms with Gasteiger partial charge in [0, 0.05) is 39.0 Å². The second-order valence-corrected chi connectivity index (χ2v) is 23.2. The summed E-state index contributed by atoms with van der Waals surface area (Å²) in [5.41, 5.74) is 3.33. The van der Waals surface area contributed by atoms with Gasteiger partial charge in [-0.1, -0.05) is 64.5 Å². The molecule has 15 heteroatoms. The summed E-state index contributed by atoms with van der Waals surface area (Å²) in [6.07, 6.45) is 14.8. The topological polar surface area (TPSA) is 105 Å². The van der Waals surface area contributed by atoms with Gasteiger partial charge >= 0.3 is 21.3 Å². The third-order valence-corrected chi connectivity index (χ3v) is 19.7. The van der Waals surface area contributed by atoms with E-state index in [1.165, 1.54) is 14.2 Å². The molecule has 2 aromatic carbocycles. The minimum atomic E-state index is -3.68. The maximum atomic E-state index is 12.7. The average Bonchev–Trinajstić information content (AvgIpc) is 3.21. The lowest BCUT2D eigenvalue weighted by molar-refractivity contribution is 0.0588. The Balaban J connectivity index is 1.70. The molecule has 0 aromatic heterocycles. The van der Waals surface area contributed by atoms with Crippen LogP contribution in [-0.4, -0.2) is 66.4 Å². The molecule has 0 radical (unpaired) electrons. The molecule has 0 aliphatic heterocycles. The zero-order chi connectivity index (χ0) is 41.7. The van der Waals surface area contributed by atoms with E-state index in [9.17, 15) is 9.67 Å². The lowest BCUT2D eigenvalue weighted by atomic mass is 9.96. The van der Waals surface area contributed by atoms with E-state index in [0.717, 1.165) is 79.6 Å². The number of aliphatic hydroxyl groups excluding tert-OH is 1. The van der Waals surface area contributed by atoms with E-state index in [1.807, 2.05) is 78.6 Å². The summed E-state index contributed by atoms with van der Waals surface area (Å²) in [5, 5.41) is 19.3. The number of ether oxygens (including phenoxy) is 2. The Kier molecular flexibility index (Phi) is 18.5. The fourth-order valence-electron chi connectivity index (χ4n) is 6.53. The van der Waals surface area contributed by atoms with Crippen LogP contribution in [0.3, 0.4) is 0 Å². The fourth-order valence-corrected chi connectivity index (χ4v) is 12.3. The Morgan fingerprint density at radius 3 is 1.93 bits per heavy atom. The minimum Gasteiger partial charge on any atom is -0.488 e. The molecule has 10 nitrogen and oxygen atoms in total. The van der Waals surface area contributed by atoms with Gasteiger partial charge in [0.1, 0.15) is 17.1 Å². The lowest BCUT2D eigenvalue weighted by Crippen LogP contribution is -2.31. The van der Waals surface area contributed by atoms with Crippen LogP contribution < -0.4 is 4.74 Å². The molecule has 0 saturated carbocycles. The Hall–Kier alpha value is -2.39. The summed E-state index contributed by atoms with van der Waals surface area (Å²) >= 11 is 12.3. The Morgan fingerprint density at radius 1 is 0.821 bits per heavy atom. The summed E-state index contributed by atoms with van der Waals surface area (Å²) in [6.45, 7) is 12.6. The van der Waals surface area contributed by atoms with Crippen molar-refractivity contribution in [3.63, 3.8) is 0 Å². The quantitative estimate of drug-likeness (QED) is 0.0659. The first-order valence-corrected chi connectivity index (χ1v) is 25.6. The number of hydrogen-bond donors (Lipinski definition) is 1. The summed E-state index contributed by atoms with van der Waals surface area (Å²) in [4.78, 5) is 0. The van der Waals surface area contributed by atoms with Crippen LogP contribution >= 0.6 is 21.3 Å². The molecule has 0 saturated heterocycles. The predicted octanol–water partition coefficient (Wildman–Crippen LogP) is 11.9. The third-order valence-electron chi connectivity index (χ3n) is 10.2. The van der Waals surface area contributed by atoms with Gasteiger partial charge in [-0.2, -0.15) is 0 Å². The van der Waals surface area contributed by atoms with Crippen LogP contribution in [0.15, 0.2) is 82.2 Å². The van der Waals surface area contributed by atoms with Crippen LogP contribution in [0.25, 0.3) is 0 Å². The molecule has 1 aliphatic carbocycles. The average molecular weight is 865 g/mol. The highest BCUT2D eigenvalue weighted by molar-refractivity contribution is 8.04. The second kappa shape index (κ2) is 21.6. The first-order chi connectivity index (χ1) is 26.5. The molecule has 1 N–H and O–H groups in total. The fraction of sp³-hybridized carbons (Fsp3) is 0.561. The first kappa shape index (κ1) is 48.0. The Labute approximate surface area is 348 Å². The number of rotatable bonds is 23. The smallest absolute Gasteiger partial charge is 0.362 e. The minimum absolute atomic E-state index is 0.205. The van der Waals surface area contributed by atoms with Crippen LogP contribution in [-0.2, 0) is 47.1 Å². The summed E-state index contributed by atoms with van der Waals surface area (Å²) in [6, 6.07) is 15.4. The second-order valence-electron chi connectivity index (χ2n) is 14.7. The van der Waals surface area contributed by atoms with Gasteiger partial charge < -0.3 is 23.6 Å². The van der Waals surface area contributed by atoms with E-state index in [0.29, 0.717) is 5.56 Å². The number of benzene rings is 2. The molecule has 5 atom stereocenters. The molecular formula is C41H63N4O6P3S2+2. The largest absolute Gasteiger partial charge is 0.488 e. The molecule has 0 bridgehead atoms. The zero-order valence-electron chi connectivity index (χ0n) is 35.1. The highest BCUT2D eigenvalue weighted by Gasteiger charge is 2.49. The Morgan fingerprint density at radius 2 is 1.41 bits per heavy atom. The molecule has 0 heterocycles. The van der Waals surface area contributed by atoms with Crippen LogP contribution in [0.1, 0.15) is 122 Å². The van der Waals surface area contributed by atoms with E-state index in [4.69, 9.17) is 52.3 Å². The van der Waals surface area contributed by atoms with Gasteiger partial charge in [-0.3, -0.25) is 4.57 Å². The van der Waals surface area contributed by atoms with E-state index in [1.54, 1.807) is 12.1 Å². The number of nitrogens with zero attached hydrogens (tertiary/aromatic N) is 4. The number of hydrazone groups is 2. The van der Waals surface area contributed by atoms with Crippen LogP contribution in [0.2, 0.25) is 0 Å². The Bertz CT molecular complexity index is 1800. The molecule has 2 aromatic rings. The van der Waals surface area contributed by atoms with Crippen molar-refractivity contribution in [3.8, 4) is 5.75 Å². The molecule has 0 spiro atoms. The van der Waals surface area contributed by atoms with Crippen molar-refractivity contribution in [3.05, 3.63) is 88.7 Å². The molecule has 0 fully saturated rings. The molecule has 3 rings (SSSR count). The lowest BCUT2D eigenvalue weighted by Gasteiger charge is -2.29. The highest BCUT2D eigenvalue weighted by Crippen LogP contribution is 2.59. The zero-order valence-corrected chi connectivity index (χ0v) is 39.4. The molecule has 1 aliphatic rings. The molecule has 308 valence electrons. The van der Waals surface area contributed by atoms with Crippen molar-refractivity contribution in [2.75, 3.05) is 28.3 Å². The van der Waals surface area contributed by atoms with Gasteiger partial charge in [0.2, 0.25) is 0 Å². The third kappa shape index (κ3) is 12.3. The SMILES string of the molecule is CCCC(C)(C)Oc1ccc(C=NN(C)[P+](=S)C(CC)(CCC)OC2=CC=C(C=NN(C)[P+](=S)C(C)(CC)c3ccc(C(O)P(=O)(OC)OC)cc3)CC2)cc1. The summed E-state index contributed by atoms with van der Waals surface area (Å²) in [5.74, 6) is 0.389. The number of allylic oxidation sites excluding steroid dienone is 4. The van der Waals surface area contributed by atoms with Crippen LogP contribution in [0, 0.1) is 0 Å². The number of aliphatic hydroxyl groups is 1. The van der Waals surface area contributed by atoms with Gasteiger partial charge in [-0.15, -0.1) is 19.8 Å². The molecule has 0 amide bonds. The van der Waals surface area contributed by atoms with Gasteiger partial charge in [-0.25, -0.2) is 0 Å². The summed E-state index contributed by atoms with van der Waals surface area (Å²) in [7, 11) is 2.71. The standard InChI is InChI=1S/C41H63N4O6P3S2/c1-12-28-39(5,6)50-36-24-16-32(17-25-36)31-43-45(9)53(56)41(15-4,29-13-2)51-37-26-18-33(19-27-37)30-42-44(8)52(55)40(7,14-3)35-22-20-34(21-23-35)38(46)54(47,48-10)49-11/h16-18,20-26,30-31,38,46H,12-15,19,27-29H2,1-11H3/q+2. The van der Waals surface area contributed by atoms with E-state index >= 15 is 0 Å². The van der Waals surface area contributed by atoms with Gasteiger partial charge in [0.05, 0.1) is 26.5 Å². The van der Waals surface area contributed by atoms with Crippen molar-refractivity contribution >= 4 is 57.3 Å². The molecule has 56 heavy (non-hydrogen) atoms. The van der Waals surface area contributed by atoms with Gasteiger partial charge in [0.15, 0.2) is 34.6 Å². The number of hydrogen-bond acceptors (Lipinski definition) is 10. The van der Waals surface area contributed by atoms with E-state index in [2.05, 4.69) is 54.5 Å². The van der Waals surface area contributed by atoms with Gasteiger partial charge in [0.25, 0.3) is 5.34 Å². The van der Waals surface area contributed by atoms with Crippen molar-refractivity contribution in [2.45, 2.75) is 122 Å². The molecular weight excluding hydrogens is 802 g/mol. The van der Waals surface area contributed by atoms with E-state index in [-0.39, 0.29) is 10.8 Å². The first-order valence-electron chi connectivity index (χ1n) is 19.3. The predicted molar refractivity (Wildman–Crippen MR) is 241 cm³/mol. The highest BCUT2D eigenvalue weighted by atomic mass is 32.4. The van der Waals surface area contributed by atoms with E-state index < -0.39 is 32.5 Å². The maximum Gasteiger partial charge on any atom is 0.362 e. The van der Waals surface area contributed by atoms with Crippen molar-refractivity contribution < 1.29 is 28.2 Å². The van der Waals surface area contributed by atoms with Gasteiger partial charge in [-0.05, 0) is 93.5 Å². The molecule has 5 unspecified atom stereocenters.